The van der Waals surface area contributed by atoms with Crippen molar-refractivity contribution in [3.8, 4) is 5.75 Å². The van der Waals surface area contributed by atoms with E-state index in [0.717, 1.165) is 42.6 Å². The molecule has 2 aromatic carbocycles. The fourth-order valence-corrected chi connectivity index (χ4v) is 4.98. The van der Waals surface area contributed by atoms with Crippen molar-refractivity contribution in [3.05, 3.63) is 54.1 Å². The number of hydrogen-bond acceptors (Lipinski definition) is 4. The van der Waals surface area contributed by atoms with Gasteiger partial charge in [-0.05, 0) is 49.6 Å². The Morgan fingerprint density at radius 1 is 1.16 bits per heavy atom. The van der Waals surface area contributed by atoms with Crippen molar-refractivity contribution in [3.63, 3.8) is 0 Å². The molecule has 3 rings (SSSR count). The summed E-state index contributed by atoms with van der Waals surface area (Å²) in [5, 5.41) is 2.93. The molecule has 0 aliphatic carbocycles. The zero-order valence-electron chi connectivity index (χ0n) is 18.6. The van der Waals surface area contributed by atoms with Gasteiger partial charge in [0.05, 0.1) is 18.0 Å². The van der Waals surface area contributed by atoms with Gasteiger partial charge in [-0.3, -0.25) is 14.5 Å². The van der Waals surface area contributed by atoms with Crippen LogP contribution in [-0.2, 0) is 9.59 Å². The molecule has 2 atom stereocenters. The maximum Gasteiger partial charge on any atom is 0.238 e. The quantitative estimate of drug-likeness (QED) is 0.491. The Bertz CT molecular complexity index is 885. The highest BCUT2D eigenvalue weighted by atomic mass is 32.2. The molecule has 1 heterocycles. The minimum atomic E-state index is -0.119. The van der Waals surface area contributed by atoms with Gasteiger partial charge in [-0.2, -0.15) is 0 Å². The maximum absolute atomic E-state index is 12.7. The fourth-order valence-electron chi connectivity index (χ4n) is 3.81. The van der Waals surface area contributed by atoms with Gasteiger partial charge in [-0.15, -0.1) is 11.8 Å². The van der Waals surface area contributed by atoms with E-state index < -0.39 is 0 Å². The molecule has 31 heavy (non-hydrogen) atoms. The number of nitrogens with zero attached hydrogens (tertiary/aromatic N) is 1. The number of hydrogen-bond donors (Lipinski definition) is 1. The molecule has 2 unspecified atom stereocenters. The van der Waals surface area contributed by atoms with Crippen molar-refractivity contribution in [1.29, 1.82) is 0 Å². The molecule has 1 aliphatic heterocycles. The summed E-state index contributed by atoms with van der Waals surface area (Å²) in [5.74, 6) is 1.35. The predicted octanol–water partition coefficient (Wildman–Crippen LogP) is 6.02. The molecule has 0 saturated carbocycles. The lowest BCUT2D eigenvalue weighted by molar-refractivity contribution is -0.120. The standard InChI is InChI=1S/C25H32N2O3S/c1-4-7-10-18(5-2)24(29)26-20-15-13-19(14-16-20)25-27(23(28)17-31-25)21-11-8-9-12-22(21)30-6-3/h8-9,11-16,18,25H,4-7,10,17H2,1-3H3,(H,26,29). The molecule has 1 saturated heterocycles. The normalized spacial score (nSPS) is 16.9. The molecular formula is C25H32N2O3S. The lowest BCUT2D eigenvalue weighted by Crippen LogP contribution is -2.28. The lowest BCUT2D eigenvalue weighted by Gasteiger charge is -2.26. The van der Waals surface area contributed by atoms with Gasteiger partial charge in [0.25, 0.3) is 0 Å². The predicted molar refractivity (Wildman–Crippen MR) is 129 cm³/mol. The van der Waals surface area contributed by atoms with E-state index in [0.29, 0.717) is 18.1 Å². The third kappa shape index (κ3) is 5.62. The van der Waals surface area contributed by atoms with Crippen molar-refractivity contribution < 1.29 is 14.3 Å². The van der Waals surface area contributed by atoms with Crippen LogP contribution in [0.3, 0.4) is 0 Å². The first kappa shape index (κ1) is 23.2. The van der Waals surface area contributed by atoms with Gasteiger partial charge in [0.2, 0.25) is 11.8 Å². The number of anilines is 2. The molecule has 6 heteroatoms. The van der Waals surface area contributed by atoms with Gasteiger partial charge in [0, 0.05) is 11.6 Å². The number of thioether (sulfide) groups is 1. The Hall–Kier alpha value is -2.47. The van der Waals surface area contributed by atoms with Crippen LogP contribution in [0.1, 0.15) is 57.4 Å². The van der Waals surface area contributed by atoms with Crippen LogP contribution in [0.4, 0.5) is 11.4 Å². The van der Waals surface area contributed by atoms with E-state index in [1.54, 1.807) is 11.8 Å². The summed E-state index contributed by atoms with van der Waals surface area (Å²) in [4.78, 5) is 27.1. The fraction of sp³-hybridized carbons (Fsp3) is 0.440. The van der Waals surface area contributed by atoms with E-state index in [-0.39, 0.29) is 23.1 Å². The van der Waals surface area contributed by atoms with Crippen LogP contribution in [-0.4, -0.2) is 24.2 Å². The monoisotopic (exact) mass is 440 g/mol. The number of unbranched alkanes of at least 4 members (excludes halogenated alkanes) is 1. The largest absolute Gasteiger partial charge is 0.492 e. The van der Waals surface area contributed by atoms with E-state index in [1.165, 1.54) is 0 Å². The number of carbonyl (C=O) groups excluding carboxylic acids is 2. The maximum atomic E-state index is 12.7. The third-order valence-electron chi connectivity index (χ3n) is 5.53. The molecule has 2 amide bonds. The first-order valence-corrected chi connectivity index (χ1v) is 12.2. The summed E-state index contributed by atoms with van der Waals surface area (Å²) < 4.78 is 5.76. The Balaban J connectivity index is 1.75. The summed E-state index contributed by atoms with van der Waals surface area (Å²) in [6.45, 7) is 6.69. The lowest BCUT2D eigenvalue weighted by atomic mass is 9.98. The molecule has 5 nitrogen and oxygen atoms in total. The molecule has 0 spiro atoms. The van der Waals surface area contributed by atoms with Gasteiger partial charge in [0.15, 0.2) is 0 Å². The molecule has 0 bridgehead atoms. The molecule has 0 radical (unpaired) electrons. The highest BCUT2D eigenvalue weighted by molar-refractivity contribution is 8.00. The number of carbonyl (C=O) groups is 2. The topological polar surface area (TPSA) is 58.6 Å². The second-order valence-electron chi connectivity index (χ2n) is 7.69. The minimum absolute atomic E-state index is 0.0493. The average molecular weight is 441 g/mol. The van der Waals surface area contributed by atoms with Gasteiger partial charge < -0.3 is 10.1 Å². The SMILES string of the molecule is CCCCC(CC)C(=O)Nc1ccc(C2SCC(=O)N2c2ccccc2OCC)cc1. The summed E-state index contributed by atoms with van der Waals surface area (Å²) in [7, 11) is 0. The van der Waals surface area contributed by atoms with Crippen molar-refractivity contribution in [1.82, 2.24) is 0 Å². The molecule has 1 fully saturated rings. The molecule has 0 aromatic heterocycles. The van der Waals surface area contributed by atoms with Crippen LogP contribution in [0.25, 0.3) is 0 Å². The molecule has 2 aromatic rings. The van der Waals surface area contributed by atoms with Gasteiger partial charge in [-0.1, -0.05) is 51.0 Å². The summed E-state index contributed by atoms with van der Waals surface area (Å²) >= 11 is 1.60. The van der Waals surface area contributed by atoms with Crippen LogP contribution in [0.2, 0.25) is 0 Å². The zero-order valence-corrected chi connectivity index (χ0v) is 19.4. The summed E-state index contributed by atoms with van der Waals surface area (Å²) in [6, 6.07) is 15.5. The van der Waals surface area contributed by atoms with Crippen molar-refractivity contribution in [2.45, 2.75) is 51.8 Å². The summed E-state index contributed by atoms with van der Waals surface area (Å²) in [5.41, 5.74) is 2.61. The number of ether oxygens (including phenoxy) is 1. The van der Waals surface area contributed by atoms with Gasteiger partial charge in [0.1, 0.15) is 11.1 Å². The van der Waals surface area contributed by atoms with Crippen LogP contribution in [0.5, 0.6) is 5.75 Å². The Morgan fingerprint density at radius 2 is 1.90 bits per heavy atom. The first-order chi connectivity index (χ1) is 15.1. The van der Waals surface area contributed by atoms with Crippen LogP contribution in [0, 0.1) is 5.92 Å². The molecular weight excluding hydrogens is 408 g/mol. The Kier molecular flexibility index (Phi) is 8.41. The van der Waals surface area contributed by atoms with E-state index in [1.807, 2.05) is 60.4 Å². The number of nitrogens with one attached hydrogen (secondary N) is 1. The van der Waals surface area contributed by atoms with Crippen LogP contribution in [0.15, 0.2) is 48.5 Å². The third-order valence-corrected chi connectivity index (χ3v) is 6.74. The number of para-hydroxylation sites is 2. The van der Waals surface area contributed by atoms with Gasteiger partial charge >= 0.3 is 0 Å². The molecule has 1 N–H and O–H groups in total. The average Bonchev–Trinajstić information content (AvgIpc) is 3.16. The zero-order chi connectivity index (χ0) is 22.2. The van der Waals surface area contributed by atoms with Crippen molar-refractivity contribution >= 4 is 35.0 Å². The van der Waals surface area contributed by atoms with Gasteiger partial charge in [-0.25, -0.2) is 0 Å². The summed E-state index contributed by atoms with van der Waals surface area (Å²) in [6.07, 6.45) is 3.93. The highest BCUT2D eigenvalue weighted by Gasteiger charge is 2.35. The number of benzene rings is 2. The highest BCUT2D eigenvalue weighted by Crippen LogP contribution is 2.44. The smallest absolute Gasteiger partial charge is 0.238 e. The van der Waals surface area contributed by atoms with Crippen LogP contribution < -0.4 is 15.0 Å². The number of rotatable bonds is 10. The van der Waals surface area contributed by atoms with E-state index in [2.05, 4.69) is 19.2 Å². The van der Waals surface area contributed by atoms with Crippen molar-refractivity contribution in [2.75, 3.05) is 22.6 Å². The second-order valence-corrected chi connectivity index (χ2v) is 8.76. The van der Waals surface area contributed by atoms with E-state index in [9.17, 15) is 9.59 Å². The minimum Gasteiger partial charge on any atom is -0.492 e. The first-order valence-electron chi connectivity index (χ1n) is 11.1. The van der Waals surface area contributed by atoms with Crippen molar-refractivity contribution in [2.24, 2.45) is 5.92 Å². The molecule has 166 valence electrons. The Morgan fingerprint density at radius 3 is 2.58 bits per heavy atom. The number of amides is 2. The van der Waals surface area contributed by atoms with E-state index >= 15 is 0 Å². The second kappa shape index (κ2) is 11.2. The Labute approximate surface area is 189 Å². The molecule has 1 aliphatic rings. The van der Waals surface area contributed by atoms with E-state index in [4.69, 9.17) is 4.74 Å². The van der Waals surface area contributed by atoms with Crippen LogP contribution >= 0.6 is 11.8 Å².